The van der Waals surface area contributed by atoms with Crippen LogP contribution in [-0.4, -0.2) is 56.3 Å². The highest BCUT2D eigenvalue weighted by Crippen LogP contribution is 2.22. The van der Waals surface area contributed by atoms with Crippen LogP contribution in [0.2, 0.25) is 0 Å². The minimum Gasteiger partial charge on any atom is -0.467 e. The number of rotatable bonds is 8. The molecule has 1 aliphatic heterocycles. The third kappa shape index (κ3) is 5.50. The molecule has 1 aromatic carbocycles. The van der Waals surface area contributed by atoms with E-state index >= 15 is 0 Å². The van der Waals surface area contributed by atoms with Gasteiger partial charge in [-0.1, -0.05) is 6.92 Å². The standard InChI is InChI=1S/C22H31N3O4S/c1-4-17(2)23-30(27,28)21-9-7-18(8-10-21)22(26)25(16-20-6-5-15-29-20)19-11-13-24(3)14-12-19/h5-10,15,17,19,23H,4,11-14,16H2,1-3H3. The largest absolute Gasteiger partial charge is 0.467 e. The van der Waals surface area contributed by atoms with Gasteiger partial charge < -0.3 is 14.2 Å². The Morgan fingerprint density at radius 2 is 1.90 bits per heavy atom. The molecule has 164 valence electrons. The monoisotopic (exact) mass is 433 g/mol. The van der Waals surface area contributed by atoms with Gasteiger partial charge in [0.1, 0.15) is 5.76 Å². The highest BCUT2D eigenvalue weighted by molar-refractivity contribution is 7.89. The van der Waals surface area contributed by atoms with Crippen LogP contribution in [-0.2, 0) is 16.6 Å². The van der Waals surface area contributed by atoms with Gasteiger partial charge in [-0.3, -0.25) is 4.79 Å². The van der Waals surface area contributed by atoms with E-state index in [2.05, 4.69) is 16.7 Å². The lowest BCUT2D eigenvalue weighted by molar-refractivity contribution is 0.0550. The number of furan rings is 1. The number of carbonyl (C=O) groups excluding carboxylic acids is 1. The van der Waals surface area contributed by atoms with Gasteiger partial charge in [-0.2, -0.15) is 0 Å². The molecule has 1 amide bonds. The minimum atomic E-state index is -3.60. The summed E-state index contributed by atoms with van der Waals surface area (Å²) in [7, 11) is -1.51. The number of nitrogens with zero attached hydrogens (tertiary/aromatic N) is 2. The molecule has 1 unspecified atom stereocenters. The maximum atomic E-state index is 13.3. The normalized spacial score (nSPS) is 17.0. The van der Waals surface area contributed by atoms with Crippen molar-refractivity contribution in [3.05, 3.63) is 54.0 Å². The summed E-state index contributed by atoms with van der Waals surface area (Å²) in [6, 6.07) is 9.84. The van der Waals surface area contributed by atoms with E-state index in [9.17, 15) is 13.2 Å². The van der Waals surface area contributed by atoms with Gasteiger partial charge in [0.25, 0.3) is 5.91 Å². The Bertz CT molecular complexity index is 918. The Labute approximate surface area is 179 Å². The Kier molecular flexibility index (Phi) is 7.33. The summed E-state index contributed by atoms with van der Waals surface area (Å²) in [6.07, 6.45) is 4.10. The summed E-state index contributed by atoms with van der Waals surface area (Å²) in [5.74, 6) is 0.624. The molecule has 0 spiro atoms. The molecule has 7 nitrogen and oxygen atoms in total. The number of amides is 1. The van der Waals surface area contributed by atoms with Crippen LogP contribution in [0.5, 0.6) is 0 Å². The van der Waals surface area contributed by atoms with Gasteiger partial charge in [0.05, 0.1) is 17.7 Å². The third-order valence-corrected chi connectivity index (χ3v) is 7.28. The molecule has 1 aliphatic rings. The van der Waals surface area contributed by atoms with E-state index in [0.29, 0.717) is 18.5 Å². The van der Waals surface area contributed by atoms with Crippen molar-refractivity contribution in [3.8, 4) is 0 Å². The molecule has 0 saturated carbocycles. The molecule has 0 bridgehead atoms. The molecule has 2 aromatic rings. The zero-order chi connectivity index (χ0) is 21.7. The number of sulfonamides is 1. The van der Waals surface area contributed by atoms with E-state index in [1.165, 1.54) is 12.1 Å². The maximum absolute atomic E-state index is 13.3. The van der Waals surface area contributed by atoms with Crippen LogP contribution >= 0.6 is 0 Å². The fourth-order valence-corrected chi connectivity index (χ4v) is 4.93. The van der Waals surface area contributed by atoms with Gasteiger partial charge in [-0.25, -0.2) is 13.1 Å². The van der Waals surface area contributed by atoms with E-state index in [-0.39, 0.29) is 22.9 Å². The van der Waals surface area contributed by atoms with Gasteiger partial charge in [-0.05, 0) is 82.7 Å². The molecule has 30 heavy (non-hydrogen) atoms. The zero-order valence-electron chi connectivity index (χ0n) is 17.9. The predicted octanol–water partition coefficient (Wildman–Crippen LogP) is 3.09. The van der Waals surface area contributed by atoms with Crippen molar-refractivity contribution in [3.63, 3.8) is 0 Å². The first-order chi connectivity index (χ1) is 14.3. The SMILES string of the molecule is CCC(C)NS(=O)(=O)c1ccc(C(=O)N(Cc2ccco2)C2CCN(C)CC2)cc1. The van der Waals surface area contributed by atoms with Gasteiger partial charge in [0.15, 0.2) is 0 Å². The number of nitrogens with one attached hydrogen (secondary N) is 1. The van der Waals surface area contributed by atoms with E-state index in [0.717, 1.165) is 31.7 Å². The van der Waals surface area contributed by atoms with E-state index in [4.69, 9.17) is 4.42 Å². The summed E-state index contributed by atoms with van der Waals surface area (Å²) in [5.41, 5.74) is 0.475. The minimum absolute atomic E-state index is 0.111. The number of carbonyl (C=O) groups is 1. The molecule has 1 fully saturated rings. The molecule has 1 saturated heterocycles. The van der Waals surface area contributed by atoms with Crippen LogP contribution in [0, 0.1) is 0 Å². The van der Waals surface area contributed by atoms with E-state index < -0.39 is 10.0 Å². The molecular formula is C22H31N3O4S. The molecule has 3 rings (SSSR count). The fourth-order valence-electron chi connectivity index (χ4n) is 3.60. The summed E-state index contributed by atoms with van der Waals surface area (Å²) in [5, 5.41) is 0. The lowest BCUT2D eigenvalue weighted by atomic mass is 10.0. The average Bonchev–Trinajstić information content (AvgIpc) is 3.25. The quantitative estimate of drug-likeness (QED) is 0.692. The highest BCUT2D eigenvalue weighted by atomic mass is 32.2. The molecule has 8 heteroatoms. The lowest BCUT2D eigenvalue weighted by Crippen LogP contribution is -2.46. The van der Waals surface area contributed by atoms with E-state index in [1.807, 2.05) is 30.9 Å². The molecular weight excluding hydrogens is 402 g/mol. The lowest BCUT2D eigenvalue weighted by Gasteiger charge is -2.37. The van der Waals surface area contributed by atoms with Crippen molar-refractivity contribution in [2.45, 2.75) is 56.6 Å². The summed E-state index contributed by atoms with van der Waals surface area (Å²) < 4.78 is 33.1. The Hall–Kier alpha value is -2.16. The second-order valence-corrected chi connectivity index (χ2v) is 9.72. The van der Waals surface area contributed by atoms with E-state index in [1.54, 1.807) is 18.4 Å². The molecule has 1 aromatic heterocycles. The smallest absolute Gasteiger partial charge is 0.254 e. The maximum Gasteiger partial charge on any atom is 0.254 e. The van der Waals surface area contributed by atoms with Crippen LogP contribution < -0.4 is 4.72 Å². The van der Waals surface area contributed by atoms with Crippen LogP contribution in [0.1, 0.15) is 49.2 Å². The Balaban J connectivity index is 1.80. The van der Waals surface area contributed by atoms with Crippen molar-refractivity contribution in [2.75, 3.05) is 20.1 Å². The Morgan fingerprint density at radius 3 is 2.47 bits per heavy atom. The summed E-state index contributed by atoms with van der Waals surface area (Å²) in [4.78, 5) is 17.6. The fraction of sp³-hybridized carbons (Fsp3) is 0.500. The molecule has 2 heterocycles. The van der Waals surface area contributed by atoms with Crippen LogP contribution in [0.15, 0.2) is 52.0 Å². The van der Waals surface area contributed by atoms with Crippen molar-refractivity contribution in [1.29, 1.82) is 0 Å². The van der Waals surface area contributed by atoms with Crippen molar-refractivity contribution < 1.29 is 17.6 Å². The first kappa shape index (κ1) is 22.5. The van der Waals surface area contributed by atoms with Crippen molar-refractivity contribution >= 4 is 15.9 Å². The van der Waals surface area contributed by atoms with Gasteiger partial charge >= 0.3 is 0 Å². The second kappa shape index (κ2) is 9.76. The zero-order valence-corrected chi connectivity index (χ0v) is 18.7. The summed E-state index contributed by atoms with van der Waals surface area (Å²) in [6.45, 7) is 6.01. The van der Waals surface area contributed by atoms with Crippen LogP contribution in [0.4, 0.5) is 0 Å². The molecule has 0 aliphatic carbocycles. The first-order valence-corrected chi connectivity index (χ1v) is 11.9. The summed E-state index contributed by atoms with van der Waals surface area (Å²) >= 11 is 0. The molecule has 1 N–H and O–H groups in total. The molecule has 1 atom stereocenters. The number of piperidine rings is 1. The number of benzene rings is 1. The predicted molar refractivity (Wildman–Crippen MR) is 116 cm³/mol. The Morgan fingerprint density at radius 1 is 1.23 bits per heavy atom. The van der Waals surface area contributed by atoms with Gasteiger partial charge in [0, 0.05) is 17.6 Å². The second-order valence-electron chi connectivity index (χ2n) is 8.00. The van der Waals surface area contributed by atoms with Gasteiger partial charge in [-0.15, -0.1) is 0 Å². The first-order valence-electron chi connectivity index (χ1n) is 10.4. The number of likely N-dealkylation sites (tertiary alicyclic amines) is 1. The topological polar surface area (TPSA) is 82.9 Å². The van der Waals surface area contributed by atoms with Gasteiger partial charge in [0.2, 0.25) is 10.0 Å². The number of hydrogen-bond acceptors (Lipinski definition) is 5. The van der Waals surface area contributed by atoms with Crippen LogP contribution in [0.3, 0.4) is 0 Å². The van der Waals surface area contributed by atoms with Crippen LogP contribution in [0.25, 0.3) is 0 Å². The van der Waals surface area contributed by atoms with Crippen molar-refractivity contribution in [2.24, 2.45) is 0 Å². The average molecular weight is 434 g/mol. The third-order valence-electron chi connectivity index (χ3n) is 5.68. The highest BCUT2D eigenvalue weighted by Gasteiger charge is 2.29. The molecule has 0 radical (unpaired) electrons. The number of hydrogen-bond donors (Lipinski definition) is 1. The van der Waals surface area contributed by atoms with Crippen molar-refractivity contribution in [1.82, 2.24) is 14.5 Å².